The molecule has 1 aromatic carbocycles. The predicted octanol–water partition coefficient (Wildman–Crippen LogP) is 3.17. The van der Waals surface area contributed by atoms with Gasteiger partial charge in [-0.05, 0) is 31.2 Å². The molecule has 0 saturated carbocycles. The third-order valence-corrected chi connectivity index (χ3v) is 6.50. The van der Waals surface area contributed by atoms with E-state index in [1.165, 1.54) is 35.4 Å². The molecular weight excluding hydrogens is 356 g/mol. The van der Waals surface area contributed by atoms with Crippen LogP contribution in [0.4, 0.5) is 5.13 Å². The van der Waals surface area contributed by atoms with E-state index in [0.29, 0.717) is 6.54 Å². The number of aromatic nitrogens is 1. The van der Waals surface area contributed by atoms with Gasteiger partial charge in [0, 0.05) is 37.6 Å². The maximum Gasteiger partial charge on any atom is 0.240 e. The van der Waals surface area contributed by atoms with Gasteiger partial charge in [0.2, 0.25) is 5.91 Å². The number of nitrogens with zero attached hydrogens (tertiary/aromatic N) is 3. The Balaban J connectivity index is 1.23. The van der Waals surface area contributed by atoms with Crippen molar-refractivity contribution in [1.29, 1.82) is 0 Å². The van der Waals surface area contributed by atoms with Gasteiger partial charge in [0.15, 0.2) is 5.13 Å². The molecule has 4 rings (SSSR count). The molecule has 0 radical (unpaired) electrons. The summed E-state index contributed by atoms with van der Waals surface area (Å²) in [5, 5.41) is 3.82. The number of benzene rings is 1. The number of piperazine rings is 1. The van der Waals surface area contributed by atoms with Crippen molar-refractivity contribution in [1.82, 2.24) is 14.8 Å². The number of carbonyl (C=O) groups excluding carboxylic acids is 1. The number of hydrogen-bond donors (Lipinski definition) is 1. The molecule has 2 aromatic rings. The Morgan fingerprint density at radius 1 is 1.00 bits per heavy atom. The molecule has 2 aliphatic rings. The minimum absolute atomic E-state index is 0.0652. The minimum Gasteiger partial charge on any atom is -0.301 e. The van der Waals surface area contributed by atoms with E-state index in [1.54, 1.807) is 11.3 Å². The summed E-state index contributed by atoms with van der Waals surface area (Å²) < 4.78 is 0. The van der Waals surface area contributed by atoms with Crippen LogP contribution in [0.1, 0.15) is 35.4 Å². The van der Waals surface area contributed by atoms with Crippen LogP contribution in [0.2, 0.25) is 0 Å². The SMILES string of the molecule is O=C(CN1CCN(Cc2ccccc2)CC1)Nc1nc2c(s1)CCCCC2. The van der Waals surface area contributed by atoms with Gasteiger partial charge in [0.25, 0.3) is 0 Å². The molecule has 5 nitrogen and oxygen atoms in total. The quantitative estimate of drug-likeness (QED) is 0.805. The molecular formula is C21H28N4OS. The van der Waals surface area contributed by atoms with E-state index >= 15 is 0 Å². The summed E-state index contributed by atoms with van der Waals surface area (Å²) in [7, 11) is 0. The van der Waals surface area contributed by atoms with Gasteiger partial charge in [-0.3, -0.25) is 14.6 Å². The zero-order valence-electron chi connectivity index (χ0n) is 15.8. The number of carbonyl (C=O) groups is 1. The van der Waals surface area contributed by atoms with E-state index in [1.807, 2.05) is 0 Å². The second-order valence-electron chi connectivity index (χ2n) is 7.54. The van der Waals surface area contributed by atoms with E-state index in [2.05, 4.69) is 50.4 Å². The maximum absolute atomic E-state index is 12.4. The fraction of sp³-hybridized carbons (Fsp3) is 0.524. The van der Waals surface area contributed by atoms with Crippen LogP contribution in [0.5, 0.6) is 0 Å². The fourth-order valence-corrected chi connectivity index (χ4v) is 4.96. The molecule has 6 heteroatoms. The van der Waals surface area contributed by atoms with E-state index in [-0.39, 0.29) is 5.91 Å². The van der Waals surface area contributed by atoms with Crippen LogP contribution in [-0.4, -0.2) is 53.4 Å². The molecule has 1 amide bonds. The number of fused-ring (bicyclic) bond motifs is 1. The van der Waals surface area contributed by atoms with Crippen molar-refractivity contribution in [2.45, 2.75) is 38.6 Å². The summed E-state index contributed by atoms with van der Waals surface area (Å²) in [5.41, 5.74) is 2.56. The Hall–Kier alpha value is -1.76. The molecule has 1 aromatic heterocycles. The molecule has 1 aliphatic heterocycles. The zero-order valence-corrected chi connectivity index (χ0v) is 16.6. The average molecular weight is 385 g/mol. The number of thiazole rings is 1. The van der Waals surface area contributed by atoms with Gasteiger partial charge in [-0.15, -0.1) is 11.3 Å². The van der Waals surface area contributed by atoms with Crippen molar-refractivity contribution in [2.75, 3.05) is 38.0 Å². The summed E-state index contributed by atoms with van der Waals surface area (Å²) in [4.78, 5) is 23.2. The van der Waals surface area contributed by atoms with Crippen molar-refractivity contribution in [3.63, 3.8) is 0 Å². The monoisotopic (exact) mass is 384 g/mol. The summed E-state index contributed by atoms with van der Waals surface area (Å²) in [5.74, 6) is 0.0652. The summed E-state index contributed by atoms with van der Waals surface area (Å²) >= 11 is 1.67. The molecule has 1 saturated heterocycles. The Morgan fingerprint density at radius 3 is 2.56 bits per heavy atom. The average Bonchev–Trinajstić information content (AvgIpc) is 2.92. The molecule has 2 heterocycles. The lowest BCUT2D eigenvalue weighted by Gasteiger charge is -2.34. The number of hydrogen-bond acceptors (Lipinski definition) is 5. The molecule has 0 bridgehead atoms. The van der Waals surface area contributed by atoms with Crippen molar-refractivity contribution >= 4 is 22.4 Å². The summed E-state index contributed by atoms with van der Waals surface area (Å²) in [6.45, 7) is 5.35. The minimum atomic E-state index is 0.0652. The highest BCUT2D eigenvalue weighted by Gasteiger charge is 2.20. The van der Waals surface area contributed by atoms with Gasteiger partial charge < -0.3 is 5.32 Å². The van der Waals surface area contributed by atoms with Crippen molar-refractivity contribution in [2.24, 2.45) is 0 Å². The molecule has 1 aliphatic carbocycles. The Kier molecular flexibility index (Phi) is 6.17. The molecule has 0 unspecified atom stereocenters. The van der Waals surface area contributed by atoms with Gasteiger partial charge in [-0.1, -0.05) is 36.8 Å². The highest BCUT2D eigenvalue weighted by atomic mass is 32.1. The third-order valence-electron chi connectivity index (χ3n) is 5.42. The van der Waals surface area contributed by atoms with Crippen LogP contribution in [-0.2, 0) is 24.2 Å². The zero-order chi connectivity index (χ0) is 18.5. The first-order valence-corrected chi connectivity index (χ1v) is 10.8. The van der Waals surface area contributed by atoms with Gasteiger partial charge in [0.1, 0.15) is 0 Å². The topological polar surface area (TPSA) is 48.5 Å². The largest absolute Gasteiger partial charge is 0.301 e. The maximum atomic E-state index is 12.4. The first-order chi connectivity index (χ1) is 13.3. The summed E-state index contributed by atoms with van der Waals surface area (Å²) in [6, 6.07) is 10.6. The van der Waals surface area contributed by atoms with E-state index in [4.69, 9.17) is 0 Å². The second-order valence-corrected chi connectivity index (χ2v) is 8.62. The van der Waals surface area contributed by atoms with Gasteiger partial charge in [-0.2, -0.15) is 0 Å². The van der Waals surface area contributed by atoms with Gasteiger partial charge >= 0.3 is 0 Å². The van der Waals surface area contributed by atoms with Gasteiger partial charge in [0.05, 0.1) is 12.2 Å². The van der Waals surface area contributed by atoms with Crippen LogP contribution >= 0.6 is 11.3 Å². The van der Waals surface area contributed by atoms with Crippen molar-refractivity contribution in [3.8, 4) is 0 Å². The number of aryl methyl sites for hydroxylation is 2. The lowest BCUT2D eigenvalue weighted by molar-refractivity contribution is -0.117. The normalized spacial score (nSPS) is 18.7. The summed E-state index contributed by atoms with van der Waals surface area (Å²) in [6.07, 6.45) is 5.94. The Morgan fingerprint density at radius 2 is 1.74 bits per heavy atom. The van der Waals surface area contributed by atoms with E-state index < -0.39 is 0 Å². The van der Waals surface area contributed by atoms with Gasteiger partial charge in [-0.25, -0.2) is 4.98 Å². The van der Waals surface area contributed by atoms with Crippen molar-refractivity contribution in [3.05, 3.63) is 46.5 Å². The second kappa shape index (κ2) is 8.95. The van der Waals surface area contributed by atoms with Crippen LogP contribution < -0.4 is 5.32 Å². The highest BCUT2D eigenvalue weighted by molar-refractivity contribution is 7.15. The highest BCUT2D eigenvalue weighted by Crippen LogP contribution is 2.28. The number of rotatable bonds is 5. The van der Waals surface area contributed by atoms with Crippen molar-refractivity contribution < 1.29 is 4.79 Å². The smallest absolute Gasteiger partial charge is 0.240 e. The number of amides is 1. The van der Waals surface area contributed by atoms with Crippen LogP contribution in [0, 0.1) is 0 Å². The first-order valence-electron chi connectivity index (χ1n) is 10.0. The van der Waals surface area contributed by atoms with E-state index in [9.17, 15) is 4.79 Å². The number of nitrogens with one attached hydrogen (secondary N) is 1. The molecule has 1 N–H and O–H groups in total. The molecule has 27 heavy (non-hydrogen) atoms. The Bertz CT molecular complexity index is 729. The fourth-order valence-electron chi connectivity index (χ4n) is 3.89. The van der Waals surface area contributed by atoms with E-state index in [0.717, 1.165) is 50.7 Å². The molecule has 1 fully saturated rings. The third kappa shape index (κ3) is 5.15. The molecule has 0 spiro atoms. The van der Waals surface area contributed by atoms with Crippen LogP contribution in [0.15, 0.2) is 30.3 Å². The van der Waals surface area contributed by atoms with Crippen LogP contribution in [0.3, 0.4) is 0 Å². The van der Waals surface area contributed by atoms with Crippen LogP contribution in [0.25, 0.3) is 0 Å². The first kappa shape index (κ1) is 18.6. The lowest BCUT2D eigenvalue weighted by atomic mass is 10.2. The standard InChI is InChI=1S/C21H28N4OS/c26-20(23-21-22-18-9-5-2-6-10-19(18)27-21)16-25-13-11-24(12-14-25)15-17-7-3-1-4-8-17/h1,3-4,7-8H,2,5-6,9-16H2,(H,22,23,26). The molecule has 0 atom stereocenters. The Labute approximate surface area is 165 Å². The lowest BCUT2D eigenvalue weighted by Crippen LogP contribution is -2.48. The number of anilines is 1. The molecule has 144 valence electrons. The predicted molar refractivity (Wildman–Crippen MR) is 110 cm³/mol.